The van der Waals surface area contributed by atoms with Gasteiger partial charge in [0.2, 0.25) is 5.75 Å². The number of aryl methyl sites for hydroxylation is 1. The van der Waals surface area contributed by atoms with E-state index in [1.807, 2.05) is 43.3 Å². The van der Waals surface area contributed by atoms with E-state index in [2.05, 4.69) is 26.0 Å². The standard InChI is InChI=1S/C20H15BrN4O2/c1-14-2-6-16(7-3-14)25-20(26)19(27-17-8-4-15(21)5-9-17)18(12-23-25)24-11-10-22-13-24/h2-13H,1H3. The highest BCUT2D eigenvalue weighted by atomic mass is 79.9. The number of rotatable bonds is 4. The largest absolute Gasteiger partial charge is 0.449 e. The van der Waals surface area contributed by atoms with E-state index >= 15 is 0 Å². The summed E-state index contributed by atoms with van der Waals surface area (Å²) in [7, 11) is 0. The molecule has 0 bridgehead atoms. The van der Waals surface area contributed by atoms with Gasteiger partial charge in [0.1, 0.15) is 11.4 Å². The Morgan fingerprint density at radius 2 is 1.78 bits per heavy atom. The van der Waals surface area contributed by atoms with Crippen LogP contribution in [0.2, 0.25) is 0 Å². The number of imidazole rings is 1. The van der Waals surface area contributed by atoms with Crippen molar-refractivity contribution in [3.8, 4) is 22.9 Å². The van der Waals surface area contributed by atoms with E-state index in [0.717, 1.165) is 10.0 Å². The van der Waals surface area contributed by atoms with Gasteiger partial charge in [-0.15, -0.1) is 0 Å². The number of hydrogen-bond donors (Lipinski definition) is 0. The van der Waals surface area contributed by atoms with Gasteiger partial charge >= 0.3 is 5.56 Å². The molecule has 4 rings (SSSR count). The molecule has 0 saturated carbocycles. The Balaban J connectivity index is 1.86. The summed E-state index contributed by atoms with van der Waals surface area (Å²) in [6.07, 6.45) is 6.56. The summed E-state index contributed by atoms with van der Waals surface area (Å²) in [6.45, 7) is 1.99. The highest BCUT2D eigenvalue weighted by Gasteiger charge is 2.16. The minimum absolute atomic E-state index is 0.172. The minimum atomic E-state index is -0.354. The number of halogens is 1. The Kier molecular flexibility index (Phi) is 4.60. The van der Waals surface area contributed by atoms with Crippen molar-refractivity contribution >= 4 is 15.9 Å². The molecule has 0 unspecified atom stereocenters. The van der Waals surface area contributed by atoms with E-state index in [0.29, 0.717) is 17.1 Å². The predicted molar refractivity (Wildman–Crippen MR) is 106 cm³/mol. The van der Waals surface area contributed by atoms with Crippen LogP contribution in [0.1, 0.15) is 5.56 Å². The van der Waals surface area contributed by atoms with Crippen molar-refractivity contribution < 1.29 is 4.74 Å². The minimum Gasteiger partial charge on any atom is -0.449 e. The SMILES string of the molecule is Cc1ccc(-n2ncc(-n3ccnc3)c(Oc3ccc(Br)cc3)c2=O)cc1. The molecule has 0 fully saturated rings. The molecule has 0 amide bonds. The Bertz CT molecular complexity index is 1120. The van der Waals surface area contributed by atoms with Crippen molar-refractivity contribution in [1.29, 1.82) is 0 Å². The summed E-state index contributed by atoms with van der Waals surface area (Å²) in [6, 6.07) is 14.9. The molecule has 0 atom stereocenters. The van der Waals surface area contributed by atoms with E-state index in [-0.39, 0.29) is 11.3 Å². The van der Waals surface area contributed by atoms with Crippen LogP contribution in [0.3, 0.4) is 0 Å². The van der Waals surface area contributed by atoms with Crippen molar-refractivity contribution in [3.63, 3.8) is 0 Å². The molecule has 27 heavy (non-hydrogen) atoms. The van der Waals surface area contributed by atoms with Gasteiger partial charge in [-0.3, -0.25) is 4.79 Å². The summed E-state index contributed by atoms with van der Waals surface area (Å²) in [4.78, 5) is 17.2. The van der Waals surface area contributed by atoms with Gasteiger partial charge in [0.05, 0.1) is 18.2 Å². The summed E-state index contributed by atoms with van der Waals surface area (Å²) < 4.78 is 9.91. The van der Waals surface area contributed by atoms with E-state index in [9.17, 15) is 4.79 Å². The van der Waals surface area contributed by atoms with Gasteiger partial charge in [-0.1, -0.05) is 33.6 Å². The molecule has 6 nitrogen and oxygen atoms in total. The fourth-order valence-electron chi connectivity index (χ4n) is 2.60. The average molecular weight is 423 g/mol. The third-order valence-corrected chi connectivity index (χ3v) is 4.54. The molecule has 4 aromatic rings. The molecule has 134 valence electrons. The molecule has 0 saturated heterocycles. The number of hydrogen-bond acceptors (Lipinski definition) is 4. The lowest BCUT2D eigenvalue weighted by atomic mass is 10.2. The molecule has 2 aromatic carbocycles. The van der Waals surface area contributed by atoms with Crippen molar-refractivity contribution in [2.75, 3.05) is 0 Å². The van der Waals surface area contributed by atoms with Crippen molar-refractivity contribution in [1.82, 2.24) is 19.3 Å². The normalized spacial score (nSPS) is 10.7. The third-order valence-electron chi connectivity index (χ3n) is 4.01. The first-order valence-corrected chi connectivity index (χ1v) is 9.02. The van der Waals surface area contributed by atoms with Crippen LogP contribution in [0.15, 0.2) is 82.7 Å². The Morgan fingerprint density at radius 3 is 2.44 bits per heavy atom. The fraction of sp³-hybridized carbons (Fsp3) is 0.0500. The van der Waals surface area contributed by atoms with Crippen LogP contribution in [-0.4, -0.2) is 19.3 Å². The molecular formula is C20H15BrN4O2. The second-order valence-corrected chi connectivity index (χ2v) is 6.85. The van der Waals surface area contributed by atoms with Gasteiger partial charge in [-0.05, 0) is 43.3 Å². The third kappa shape index (κ3) is 3.54. The van der Waals surface area contributed by atoms with Crippen LogP contribution in [-0.2, 0) is 0 Å². The van der Waals surface area contributed by atoms with E-state index < -0.39 is 0 Å². The van der Waals surface area contributed by atoms with E-state index in [1.54, 1.807) is 41.6 Å². The van der Waals surface area contributed by atoms with Crippen molar-refractivity contribution in [2.45, 2.75) is 6.92 Å². The lowest BCUT2D eigenvalue weighted by Crippen LogP contribution is -2.23. The number of nitrogens with zero attached hydrogens (tertiary/aromatic N) is 4. The lowest BCUT2D eigenvalue weighted by Gasteiger charge is -2.13. The molecule has 0 N–H and O–H groups in total. The van der Waals surface area contributed by atoms with Crippen LogP contribution in [0.4, 0.5) is 0 Å². The smallest absolute Gasteiger partial charge is 0.316 e. The monoisotopic (exact) mass is 422 g/mol. The number of aromatic nitrogens is 4. The molecule has 2 aromatic heterocycles. The Morgan fingerprint density at radius 1 is 1.04 bits per heavy atom. The summed E-state index contributed by atoms with van der Waals surface area (Å²) >= 11 is 3.40. The predicted octanol–water partition coefficient (Wildman–Crippen LogP) is 4.28. The lowest BCUT2D eigenvalue weighted by molar-refractivity contribution is 0.464. The van der Waals surface area contributed by atoms with Gasteiger partial charge in [0.25, 0.3) is 0 Å². The maximum Gasteiger partial charge on any atom is 0.316 e. The Labute approximate surface area is 163 Å². The van der Waals surface area contributed by atoms with Crippen LogP contribution < -0.4 is 10.3 Å². The van der Waals surface area contributed by atoms with Crippen LogP contribution >= 0.6 is 15.9 Å². The zero-order chi connectivity index (χ0) is 18.8. The first-order valence-electron chi connectivity index (χ1n) is 8.23. The molecule has 0 radical (unpaired) electrons. The molecule has 0 aliphatic heterocycles. The van der Waals surface area contributed by atoms with Crippen molar-refractivity contribution in [3.05, 3.63) is 93.8 Å². The van der Waals surface area contributed by atoms with Gasteiger partial charge < -0.3 is 9.30 Å². The van der Waals surface area contributed by atoms with Gasteiger partial charge in [0, 0.05) is 16.9 Å². The Hall–Kier alpha value is -3.19. The van der Waals surface area contributed by atoms with Gasteiger partial charge in [0.15, 0.2) is 0 Å². The second kappa shape index (κ2) is 7.20. The maximum absolute atomic E-state index is 13.2. The fourth-order valence-corrected chi connectivity index (χ4v) is 2.87. The highest BCUT2D eigenvalue weighted by Crippen LogP contribution is 2.26. The second-order valence-electron chi connectivity index (χ2n) is 5.94. The topological polar surface area (TPSA) is 61.9 Å². The molecule has 0 aliphatic carbocycles. The summed E-state index contributed by atoms with van der Waals surface area (Å²) in [5.74, 6) is 0.726. The summed E-state index contributed by atoms with van der Waals surface area (Å²) in [5, 5.41) is 4.32. The molecule has 2 heterocycles. The first-order chi connectivity index (χ1) is 13.1. The summed E-state index contributed by atoms with van der Waals surface area (Å²) in [5.41, 5.74) is 1.94. The van der Waals surface area contributed by atoms with Crippen molar-refractivity contribution in [2.24, 2.45) is 0 Å². The zero-order valence-corrected chi connectivity index (χ0v) is 16.0. The average Bonchev–Trinajstić information content (AvgIpc) is 3.20. The van der Waals surface area contributed by atoms with Gasteiger partial charge in [-0.25, -0.2) is 4.98 Å². The first kappa shape index (κ1) is 17.2. The molecular weight excluding hydrogens is 408 g/mol. The maximum atomic E-state index is 13.2. The molecule has 7 heteroatoms. The zero-order valence-electron chi connectivity index (χ0n) is 14.4. The van der Waals surface area contributed by atoms with E-state index in [4.69, 9.17) is 4.74 Å². The molecule has 0 aliphatic rings. The van der Waals surface area contributed by atoms with Gasteiger partial charge in [-0.2, -0.15) is 9.78 Å². The van der Waals surface area contributed by atoms with Crippen LogP contribution in [0.5, 0.6) is 11.5 Å². The van der Waals surface area contributed by atoms with Crippen LogP contribution in [0.25, 0.3) is 11.4 Å². The quantitative estimate of drug-likeness (QED) is 0.492. The van der Waals surface area contributed by atoms with Crippen LogP contribution in [0, 0.1) is 6.92 Å². The van der Waals surface area contributed by atoms with E-state index in [1.165, 1.54) is 4.68 Å². The number of benzene rings is 2. The highest BCUT2D eigenvalue weighted by molar-refractivity contribution is 9.10. The molecule has 0 spiro atoms. The number of ether oxygens (including phenoxy) is 1.